The molecule has 1 aromatic heterocycles. The summed E-state index contributed by atoms with van der Waals surface area (Å²) in [5, 5.41) is 3.54. The average molecular weight is 597 g/mol. The van der Waals surface area contributed by atoms with Gasteiger partial charge in [-0.05, 0) is 78.4 Å². The predicted octanol–water partition coefficient (Wildman–Crippen LogP) is 10.9. The first-order valence-corrected chi connectivity index (χ1v) is 15.5. The first-order valence-electron chi connectivity index (χ1n) is 15.5. The van der Waals surface area contributed by atoms with Gasteiger partial charge in [-0.25, -0.2) is 15.0 Å². The highest BCUT2D eigenvalue weighted by Crippen LogP contribution is 2.31. The molecule has 6 aromatic carbocycles. The van der Waals surface area contributed by atoms with Gasteiger partial charge in [0.05, 0.1) is 0 Å². The lowest BCUT2D eigenvalue weighted by Crippen LogP contribution is -1.99. The van der Waals surface area contributed by atoms with Crippen LogP contribution in [0.1, 0.15) is 17.0 Å². The molecule has 0 atom stereocenters. The molecule has 0 saturated heterocycles. The van der Waals surface area contributed by atoms with Crippen LogP contribution in [0.4, 0.5) is 11.4 Å². The molecule has 0 aliphatic heterocycles. The van der Waals surface area contributed by atoms with Crippen LogP contribution in [0.2, 0.25) is 0 Å². The molecule has 224 valence electrons. The molecule has 1 N–H and O–H groups in total. The smallest absolute Gasteiger partial charge is 0.163 e. The molecular formula is C42H36N4. The number of nitrogens with zero attached hydrogens (tertiary/aromatic N) is 3. The number of benzene rings is 6. The molecule has 0 spiro atoms. The number of hydrogen-bond donors (Lipinski definition) is 1. The van der Waals surface area contributed by atoms with E-state index in [2.05, 4.69) is 125 Å². The number of rotatable bonds is 6. The topological polar surface area (TPSA) is 50.7 Å². The second-order valence-electron chi connectivity index (χ2n) is 11.2. The lowest BCUT2D eigenvalue weighted by atomic mass is 9.96. The number of anilines is 2. The van der Waals surface area contributed by atoms with Crippen molar-refractivity contribution in [3.05, 3.63) is 175 Å². The molecule has 7 rings (SSSR count). The summed E-state index contributed by atoms with van der Waals surface area (Å²) in [6.07, 6.45) is 0. The first kappa shape index (κ1) is 30.2. The Kier molecular flexibility index (Phi) is 9.36. The Labute approximate surface area is 271 Å². The number of hydrogen-bond acceptors (Lipinski definition) is 4. The zero-order valence-corrected chi connectivity index (χ0v) is 26.4. The first-order chi connectivity index (χ1) is 22.5. The van der Waals surface area contributed by atoms with Crippen LogP contribution in [0.15, 0.2) is 158 Å². The maximum Gasteiger partial charge on any atom is 0.163 e. The van der Waals surface area contributed by atoms with Crippen molar-refractivity contribution >= 4 is 11.4 Å². The third kappa shape index (κ3) is 7.43. The summed E-state index contributed by atoms with van der Waals surface area (Å²) in [5.74, 6) is 2.16. The van der Waals surface area contributed by atoms with E-state index in [4.69, 9.17) is 0 Å². The number of aryl methyl sites for hydroxylation is 3. The molecule has 0 aliphatic rings. The fourth-order valence-corrected chi connectivity index (χ4v) is 5.32. The summed E-state index contributed by atoms with van der Waals surface area (Å²) in [5.41, 5.74) is 11.8. The average Bonchev–Trinajstić information content (AvgIpc) is 3.11. The molecule has 1 heterocycles. The van der Waals surface area contributed by atoms with Gasteiger partial charge < -0.3 is 5.32 Å². The Morgan fingerprint density at radius 2 is 0.826 bits per heavy atom. The molecule has 7 aromatic rings. The molecule has 4 nitrogen and oxygen atoms in total. The largest absolute Gasteiger partial charge is 0.356 e. The van der Waals surface area contributed by atoms with Gasteiger partial charge in [-0.1, -0.05) is 133 Å². The predicted molar refractivity (Wildman–Crippen MR) is 192 cm³/mol. The maximum absolute atomic E-state index is 4.55. The van der Waals surface area contributed by atoms with Crippen LogP contribution in [0.5, 0.6) is 0 Å². The van der Waals surface area contributed by atoms with Crippen LogP contribution in [0.3, 0.4) is 0 Å². The van der Waals surface area contributed by atoms with Crippen molar-refractivity contribution in [3.63, 3.8) is 0 Å². The van der Waals surface area contributed by atoms with Crippen molar-refractivity contribution in [3.8, 4) is 45.0 Å². The molecule has 46 heavy (non-hydrogen) atoms. The lowest BCUT2D eigenvalue weighted by molar-refractivity contribution is 0.992. The third-order valence-corrected chi connectivity index (χ3v) is 7.76. The summed E-state index contributed by atoms with van der Waals surface area (Å²) in [4.78, 5) is 13.4. The molecule has 0 amide bonds. The highest BCUT2D eigenvalue weighted by atomic mass is 15.0. The fraction of sp³-hybridized carbons (Fsp3) is 0.0714. The molecule has 0 unspecified atom stereocenters. The van der Waals surface area contributed by atoms with E-state index >= 15 is 0 Å². The van der Waals surface area contributed by atoms with Crippen molar-refractivity contribution in [1.29, 1.82) is 0 Å². The molecule has 0 aliphatic carbocycles. The second-order valence-corrected chi connectivity index (χ2v) is 11.2. The quantitative estimate of drug-likeness (QED) is 0.207. The van der Waals surface area contributed by atoms with Gasteiger partial charge in [0.15, 0.2) is 11.6 Å². The van der Waals surface area contributed by atoms with Crippen molar-refractivity contribution in [1.82, 2.24) is 15.0 Å². The lowest BCUT2D eigenvalue weighted by Gasteiger charge is -2.13. The van der Waals surface area contributed by atoms with Gasteiger partial charge in [-0.15, -0.1) is 0 Å². The van der Waals surface area contributed by atoms with Crippen molar-refractivity contribution in [2.75, 3.05) is 5.32 Å². The second kappa shape index (κ2) is 14.3. The SMILES string of the molecule is Cc1ccccc1-c1cc(Nc2ccc(-c3ccccc3)cc2)ccc1C.Cc1nc(-c2ccccc2)nc(-c2ccccc2)n1. The normalized spacial score (nSPS) is 10.5. The van der Waals surface area contributed by atoms with Gasteiger partial charge in [0, 0.05) is 22.5 Å². The molecule has 0 radical (unpaired) electrons. The van der Waals surface area contributed by atoms with E-state index in [9.17, 15) is 0 Å². The Morgan fingerprint density at radius 3 is 1.39 bits per heavy atom. The highest BCUT2D eigenvalue weighted by molar-refractivity contribution is 5.76. The maximum atomic E-state index is 4.55. The van der Waals surface area contributed by atoms with Crippen molar-refractivity contribution in [2.24, 2.45) is 0 Å². The monoisotopic (exact) mass is 596 g/mol. The van der Waals surface area contributed by atoms with Gasteiger partial charge in [0.1, 0.15) is 5.82 Å². The Bertz CT molecular complexity index is 1960. The molecular weight excluding hydrogens is 560 g/mol. The Hall–Kier alpha value is -5.87. The van der Waals surface area contributed by atoms with Crippen LogP contribution in [0.25, 0.3) is 45.0 Å². The summed E-state index contributed by atoms with van der Waals surface area (Å²) >= 11 is 0. The standard InChI is InChI=1S/C26H23N.C16H13N3/c1-19-8-6-7-11-25(19)26-18-24(15-12-20(26)2)27-23-16-13-22(14-17-23)21-9-4-3-5-10-21;1-12-17-15(13-8-4-2-5-9-13)19-16(18-12)14-10-6-3-7-11-14/h3-18,27H,1-2H3;2-11H,1H3. The molecule has 0 bridgehead atoms. The van der Waals surface area contributed by atoms with Crippen molar-refractivity contribution < 1.29 is 0 Å². The van der Waals surface area contributed by atoms with Gasteiger partial charge in [0.2, 0.25) is 0 Å². The zero-order chi connectivity index (χ0) is 31.7. The van der Waals surface area contributed by atoms with E-state index < -0.39 is 0 Å². The Balaban J connectivity index is 0.000000172. The summed E-state index contributed by atoms with van der Waals surface area (Å²) < 4.78 is 0. The Morgan fingerprint density at radius 1 is 0.370 bits per heavy atom. The van der Waals surface area contributed by atoms with E-state index in [0.29, 0.717) is 11.6 Å². The minimum atomic E-state index is 0.715. The molecule has 0 saturated carbocycles. The third-order valence-electron chi connectivity index (χ3n) is 7.76. The van der Waals surface area contributed by atoms with E-state index in [1.54, 1.807) is 0 Å². The van der Waals surface area contributed by atoms with Crippen LogP contribution < -0.4 is 5.32 Å². The van der Waals surface area contributed by atoms with E-state index in [1.165, 1.54) is 33.4 Å². The van der Waals surface area contributed by atoms with Crippen LogP contribution >= 0.6 is 0 Å². The van der Waals surface area contributed by atoms with E-state index in [-0.39, 0.29) is 0 Å². The summed E-state index contributed by atoms with van der Waals surface area (Å²) in [7, 11) is 0. The van der Waals surface area contributed by atoms with E-state index in [1.807, 2.05) is 73.7 Å². The minimum absolute atomic E-state index is 0.715. The van der Waals surface area contributed by atoms with Crippen LogP contribution in [-0.4, -0.2) is 15.0 Å². The fourth-order valence-electron chi connectivity index (χ4n) is 5.32. The zero-order valence-electron chi connectivity index (χ0n) is 26.4. The molecule has 0 fully saturated rings. The van der Waals surface area contributed by atoms with Gasteiger partial charge in [-0.2, -0.15) is 0 Å². The number of nitrogens with one attached hydrogen (secondary N) is 1. The van der Waals surface area contributed by atoms with Crippen molar-refractivity contribution in [2.45, 2.75) is 20.8 Å². The summed E-state index contributed by atoms with van der Waals surface area (Å²) in [6.45, 7) is 6.22. The highest BCUT2D eigenvalue weighted by Gasteiger charge is 2.08. The van der Waals surface area contributed by atoms with Crippen LogP contribution in [0, 0.1) is 20.8 Å². The van der Waals surface area contributed by atoms with E-state index in [0.717, 1.165) is 28.3 Å². The minimum Gasteiger partial charge on any atom is -0.356 e. The number of aromatic nitrogens is 3. The van der Waals surface area contributed by atoms with Gasteiger partial charge in [0.25, 0.3) is 0 Å². The van der Waals surface area contributed by atoms with Crippen LogP contribution in [-0.2, 0) is 0 Å². The van der Waals surface area contributed by atoms with Gasteiger partial charge in [-0.3, -0.25) is 0 Å². The summed E-state index contributed by atoms with van der Waals surface area (Å²) in [6, 6.07) is 54.1. The molecule has 4 heteroatoms. The van der Waals surface area contributed by atoms with Gasteiger partial charge >= 0.3 is 0 Å².